The molecule has 0 saturated carbocycles. The van der Waals surface area contributed by atoms with Crippen molar-refractivity contribution in [3.63, 3.8) is 0 Å². The van der Waals surface area contributed by atoms with Gasteiger partial charge in [-0.2, -0.15) is 0 Å². The molecule has 2 aliphatic rings. The molecule has 29 heavy (non-hydrogen) atoms. The van der Waals surface area contributed by atoms with Crippen molar-refractivity contribution in [1.82, 2.24) is 20.4 Å². The lowest BCUT2D eigenvalue weighted by atomic mass is 9.82. The second-order valence-corrected chi connectivity index (χ2v) is 9.99. The molecule has 7 nitrogen and oxygen atoms in total. The zero-order valence-corrected chi connectivity index (χ0v) is 18.1. The number of hydrogen-bond acceptors (Lipinski definition) is 7. The van der Waals surface area contributed by atoms with Crippen molar-refractivity contribution in [3.8, 4) is 5.75 Å². The number of carbonyl (C=O) groups excluding carboxylic acids is 2. The number of fused-ring (bicyclic) bond motifs is 1. The van der Waals surface area contributed by atoms with Gasteiger partial charge in [0.25, 0.3) is 0 Å². The van der Waals surface area contributed by atoms with E-state index in [9.17, 15) is 9.59 Å². The summed E-state index contributed by atoms with van der Waals surface area (Å²) in [5, 5.41) is 12.1. The quantitative estimate of drug-likeness (QED) is 0.748. The lowest BCUT2D eigenvalue weighted by Gasteiger charge is -2.42. The van der Waals surface area contributed by atoms with Gasteiger partial charge in [0.15, 0.2) is 4.34 Å². The van der Waals surface area contributed by atoms with Gasteiger partial charge in [0.1, 0.15) is 16.4 Å². The number of nitrogens with zero attached hydrogens (tertiary/aromatic N) is 3. The highest BCUT2D eigenvalue weighted by Crippen LogP contribution is 2.44. The van der Waals surface area contributed by atoms with Crippen LogP contribution in [0.3, 0.4) is 0 Å². The van der Waals surface area contributed by atoms with Gasteiger partial charge < -0.3 is 15.0 Å². The number of aromatic nitrogens is 2. The molecule has 3 heterocycles. The van der Waals surface area contributed by atoms with Crippen molar-refractivity contribution in [2.75, 3.05) is 19.3 Å². The second-order valence-electron chi connectivity index (χ2n) is 7.59. The van der Waals surface area contributed by atoms with E-state index in [2.05, 4.69) is 15.5 Å². The van der Waals surface area contributed by atoms with Crippen LogP contribution in [0.4, 0.5) is 0 Å². The number of nitrogens with one attached hydrogen (secondary N) is 1. The molecule has 1 N–H and O–H groups in total. The minimum atomic E-state index is -0.434. The second kappa shape index (κ2) is 8.31. The highest BCUT2D eigenvalue weighted by molar-refractivity contribution is 8.01. The number of aryl methyl sites for hydroxylation is 1. The number of benzene rings is 1. The van der Waals surface area contributed by atoms with Gasteiger partial charge in [-0.1, -0.05) is 41.3 Å². The van der Waals surface area contributed by atoms with Crippen LogP contribution in [0.2, 0.25) is 0 Å². The van der Waals surface area contributed by atoms with Crippen LogP contribution in [0.15, 0.2) is 28.6 Å². The monoisotopic (exact) mass is 432 g/mol. The van der Waals surface area contributed by atoms with E-state index in [4.69, 9.17) is 4.74 Å². The van der Waals surface area contributed by atoms with Gasteiger partial charge in [0.2, 0.25) is 11.8 Å². The van der Waals surface area contributed by atoms with Crippen LogP contribution in [0.1, 0.15) is 42.3 Å². The number of carbonyl (C=O) groups is 2. The number of rotatable bonds is 4. The van der Waals surface area contributed by atoms with Gasteiger partial charge >= 0.3 is 0 Å². The maximum atomic E-state index is 12.7. The summed E-state index contributed by atoms with van der Waals surface area (Å²) in [6.07, 6.45) is 2.55. The molecular formula is C20H24N4O3S2. The van der Waals surface area contributed by atoms with Gasteiger partial charge in [-0.25, -0.2) is 0 Å². The lowest BCUT2D eigenvalue weighted by Crippen LogP contribution is -2.46. The fourth-order valence-corrected chi connectivity index (χ4v) is 5.53. The summed E-state index contributed by atoms with van der Waals surface area (Å²) < 4.78 is 7.23. The maximum absolute atomic E-state index is 12.7. The van der Waals surface area contributed by atoms with Crippen molar-refractivity contribution < 1.29 is 14.3 Å². The fourth-order valence-electron chi connectivity index (χ4n) is 3.90. The van der Waals surface area contributed by atoms with Crippen molar-refractivity contribution in [2.24, 2.45) is 0 Å². The Bertz CT molecular complexity index is 919. The smallest absolute Gasteiger partial charge is 0.230 e. The molecule has 2 atom stereocenters. The van der Waals surface area contributed by atoms with Crippen LogP contribution in [0.25, 0.3) is 0 Å². The molecule has 1 saturated heterocycles. The Morgan fingerprint density at radius 2 is 2.21 bits per heavy atom. The van der Waals surface area contributed by atoms with Crippen LogP contribution in [0, 0.1) is 6.92 Å². The highest BCUT2D eigenvalue weighted by atomic mass is 32.2. The molecule has 2 aromatic rings. The van der Waals surface area contributed by atoms with Crippen molar-refractivity contribution in [1.29, 1.82) is 0 Å². The van der Waals surface area contributed by atoms with Crippen LogP contribution in [-0.2, 0) is 9.59 Å². The largest absolute Gasteiger partial charge is 0.487 e. The summed E-state index contributed by atoms with van der Waals surface area (Å²) in [4.78, 5) is 26.6. The lowest BCUT2D eigenvalue weighted by molar-refractivity contribution is -0.129. The molecule has 2 amide bonds. The standard InChI is InChI=1S/C20H24N4O3S2/c1-13-22-23-19(29-13)28-12-17(25)21-15-11-20(8-7-18(26)24(2)10-9-20)27-16-6-4-3-5-14(15)16/h3-6,15H,7-12H2,1-2H3,(H,21,25)/t15-,20-/m1/s1. The molecule has 9 heteroatoms. The third-order valence-electron chi connectivity index (χ3n) is 5.49. The predicted molar refractivity (Wildman–Crippen MR) is 112 cm³/mol. The first-order valence-electron chi connectivity index (χ1n) is 9.68. The van der Waals surface area contributed by atoms with E-state index < -0.39 is 5.60 Å². The molecule has 4 rings (SSSR count). The molecule has 0 bridgehead atoms. The van der Waals surface area contributed by atoms with E-state index in [1.165, 1.54) is 23.1 Å². The van der Waals surface area contributed by atoms with Crippen molar-refractivity contribution in [3.05, 3.63) is 34.8 Å². The van der Waals surface area contributed by atoms with Crippen molar-refractivity contribution in [2.45, 2.75) is 48.6 Å². The van der Waals surface area contributed by atoms with E-state index in [0.29, 0.717) is 31.6 Å². The third kappa shape index (κ3) is 4.56. The number of hydrogen-bond donors (Lipinski definition) is 1. The Morgan fingerprint density at radius 3 is 3.00 bits per heavy atom. The topological polar surface area (TPSA) is 84.4 Å². The normalized spacial score (nSPS) is 24.0. The van der Waals surface area contributed by atoms with Gasteiger partial charge in [0.05, 0.1) is 11.8 Å². The molecular weight excluding hydrogens is 408 g/mol. The maximum Gasteiger partial charge on any atom is 0.230 e. The summed E-state index contributed by atoms with van der Waals surface area (Å²) in [6, 6.07) is 7.72. The molecule has 0 unspecified atom stereocenters. The minimum absolute atomic E-state index is 0.0403. The summed E-state index contributed by atoms with van der Waals surface area (Å²) in [5.74, 6) is 1.20. The SMILES string of the molecule is Cc1nnc(SCC(=O)N[C@@H]2C[C@]3(CCC(=O)N(C)CC3)Oc3ccccc32)s1. The average Bonchev–Trinajstić information content (AvgIpc) is 3.08. The summed E-state index contributed by atoms with van der Waals surface area (Å²) in [5.41, 5.74) is 0.558. The molecule has 1 aromatic heterocycles. The van der Waals surface area contributed by atoms with Crippen LogP contribution >= 0.6 is 23.1 Å². The zero-order chi connectivity index (χ0) is 20.4. The van der Waals surface area contributed by atoms with Crippen LogP contribution in [0.5, 0.6) is 5.75 Å². The number of amides is 2. The first-order chi connectivity index (χ1) is 13.9. The zero-order valence-electron chi connectivity index (χ0n) is 16.5. The molecule has 0 aliphatic carbocycles. The first-order valence-corrected chi connectivity index (χ1v) is 11.5. The fraction of sp³-hybridized carbons (Fsp3) is 0.500. The Kier molecular flexibility index (Phi) is 5.78. The van der Waals surface area contributed by atoms with E-state index >= 15 is 0 Å². The molecule has 1 aromatic carbocycles. The number of likely N-dealkylation sites (tertiary alicyclic amines) is 1. The van der Waals surface area contributed by atoms with Gasteiger partial charge in [0, 0.05) is 38.4 Å². The number of para-hydroxylation sites is 1. The van der Waals surface area contributed by atoms with Gasteiger partial charge in [-0.05, 0) is 19.4 Å². The van der Waals surface area contributed by atoms with Crippen LogP contribution < -0.4 is 10.1 Å². The van der Waals surface area contributed by atoms with E-state index in [0.717, 1.165) is 27.1 Å². The van der Waals surface area contributed by atoms with Crippen molar-refractivity contribution >= 4 is 34.9 Å². The Hall–Kier alpha value is -2.13. The number of thioether (sulfide) groups is 1. The Labute approximate surface area is 178 Å². The van der Waals surface area contributed by atoms with E-state index in [1.807, 2.05) is 38.2 Å². The van der Waals surface area contributed by atoms with E-state index in [-0.39, 0.29) is 17.9 Å². The van der Waals surface area contributed by atoms with Crippen LogP contribution in [-0.4, -0.2) is 51.9 Å². The molecule has 0 radical (unpaired) electrons. The van der Waals surface area contributed by atoms with E-state index in [1.54, 1.807) is 4.90 Å². The average molecular weight is 433 g/mol. The minimum Gasteiger partial charge on any atom is -0.487 e. The molecule has 1 spiro atoms. The first kappa shape index (κ1) is 20.2. The summed E-state index contributed by atoms with van der Waals surface area (Å²) in [6.45, 7) is 2.56. The third-order valence-corrected chi connectivity index (χ3v) is 7.46. The molecule has 2 aliphatic heterocycles. The van der Waals surface area contributed by atoms with Gasteiger partial charge in [-0.15, -0.1) is 10.2 Å². The Balaban J connectivity index is 1.49. The molecule has 1 fully saturated rings. The molecule has 154 valence electrons. The Morgan fingerprint density at radius 1 is 1.38 bits per heavy atom. The predicted octanol–water partition coefficient (Wildman–Crippen LogP) is 2.96. The highest BCUT2D eigenvalue weighted by Gasteiger charge is 2.43. The number of ether oxygens (including phenoxy) is 1. The summed E-state index contributed by atoms with van der Waals surface area (Å²) >= 11 is 2.89. The summed E-state index contributed by atoms with van der Waals surface area (Å²) in [7, 11) is 1.84. The van der Waals surface area contributed by atoms with Gasteiger partial charge in [-0.3, -0.25) is 9.59 Å².